The molecule has 0 bridgehead atoms. The van der Waals surface area contributed by atoms with E-state index in [0.717, 1.165) is 32.4 Å². The van der Waals surface area contributed by atoms with E-state index in [-0.39, 0.29) is 0 Å². The Bertz CT molecular complexity index is 207. The van der Waals surface area contributed by atoms with Gasteiger partial charge in [0.05, 0.1) is 0 Å². The van der Waals surface area contributed by atoms with Crippen molar-refractivity contribution in [1.82, 2.24) is 10.2 Å². The first-order chi connectivity index (χ1) is 7.42. The van der Waals surface area contributed by atoms with Crippen molar-refractivity contribution in [2.75, 3.05) is 27.2 Å². The Kier molecular flexibility index (Phi) is 7.34. The summed E-state index contributed by atoms with van der Waals surface area (Å²) in [5.41, 5.74) is -0.757. The van der Waals surface area contributed by atoms with Crippen LogP contribution in [0.3, 0.4) is 0 Å². The Labute approximate surface area is 99.0 Å². The maximum Gasteiger partial charge on any atom is 0.323 e. The van der Waals surface area contributed by atoms with Gasteiger partial charge in [0.2, 0.25) is 0 Å². The summed E-state index contributed by atoms with van der Waals surface area (Å²) in [5, 5.41) is 12.3. The Hall–Kier alpha value is -0.610. The molecule has 1 atom stereocenters. The third kappa shape index (κ3) is 6.08. The highest BCUT2D eigenvalue weighted by Gasteiger charge is 2.30. The minimum atomic E-state index is -0.757. The van der Waals surface area contributed by atoms with E-state index in [0.29, 0.717) is 6.42 Å². The molecule has 0 heterocycles. The van der Waals surface area contributed by atoms with Crippen LogP contribution in [0, 0.1) is 0 Å². The van der Waals surface area contributed by atoms with Crippen LogP contribution in [-0.4, -0.2) is 48.7 Å². The molecule has 16 heavy (non-hydrogen) atoms. The van der Waals surface area contributed by atoms with Crippen LogP contribution in [0.1, 0.15) is 39.5 Å². The fraction of sp³-hybridized carbons (Fsp3) is 0.917. The molecule has 0 rings (SSSR count). The third-order valence-electron chi connectivity index (χ3n) is 2.77. The number of hydrogen-bond acceptors (Lipinski definition) is 3. The standard InChI is InChI=1S/C12H26N2O2/c1-5-8-12(2,11(15)16)13-9-6-7-10-14(3)4/h13H,5-10H2,1-4H3,(H,15,16). The van der Waals surface area contributed by atoms with Crippen LogP contribution in [0.2, 0.25) is 0 Å². The van der Waals surface area contributed by atoms with Gasteiger partial charge in [-0.2, -0.15) is 0 Å². The van der Waals surface area contributed by atoms with Gasteiger partial charge in [-0.3, -0.25) is 4.79 Å². The molecule has 0 aliphatic carbocycles. The highest BCUT2D eigenvalue weighted by atomic mass is 16.4. The number of rotatable bonds is 9. The van der Waals surface area contributed by atoms with Crippen LogP contribution in [0.15, 0.2) is 0 Å². The van der Waals surface area contributed by atoms with Crippen LogP contribution in [0.5, 0.6) is 0 Å². The van der Waals surface area contributed by atoms with Crippen LogP contribution >= 0.6 is 0 Å². The summed E-state index contributed by atoms with van der Waals surface area (Å²) in [6, 6.07) is 0. The van der Waals surface area contributed by atoms with Gasteiger partial charge in [-0.25, -0.2) is 0 Å². The molecule has 0 fully saturated rings. The summed E-state index contributed by atoms with van der Waals surface area (Å²) in [4.78, 5) is 13.3. The van der Waals surface area contributed by atoms with Gasteiger partial charge in [0, 0.05) is 0 Å². The lowest BCUT2D eigenvalue weighted by atomic mass is 9.96. The highest BCUT2D eigenvalue weighted by molar-refractivity contribution is 5.78. The molecule has 0 aliphatic rings. The smallest absolute Gasteiger partial charge is 0.323 e. The van der Waals surface area contributed by atoms with Crippen LogP contribution < -0.4 is 5.32 Å². The topological polar surface area (TPSA) is 52.6 Å². The zero-order chi connectivity index (χ0) is 12.6. The Morgan fingerprint density at radius 1 is 1.38 bits per heavy atom. The maximum atomic E-state index is 11.1. The molecular formula is C12H26N2O2. The quantitative estimate of drug-likeness (QED) is 0.590. The number of unbranched alkanes of at least 4 members (excludes halogenated alkanes) is 1. The average molecular weight is 230 g/mol. The van der Waals surface area contributed by atoms with E-state index in [1.165, 1.54) is 0 Å². The predicted molar refractivity (Wildman–Crippen MR) is 66.7 cm³/mol. The van der Waals surface area contributed by atoms with Crippen molar-refractivity contribution < 1.29 is 9.90 Å². The molecule has 0 aliphatic heterocycles. The SMILES string of the molecule is CCCC(C)(NCCCCN(C)C)C(=O)O. The molecule has 0 aromatic rings. The minimum absolute atomic E-state index is 0.677. The molecule has 4 heteroatoms. The molecule has 0 saturated heterocycles. The van der Waals surface area contributed by atoms with E-state index < -0.39 is 11.5 Å². The number of carboxylic acids is 1. The normalized spacial score (nSPS) is 15.1. The molecule has 96 valence electrons. The average Bonchev–Trinajstić information content (AvgIpc) is 2.17. The first-order valence-electron chi connectivity index (χ1n) is 6.05. The second kappa shape index (κ2) is 7.63. The molecule has 4 nitrogen and oxygen atoms in total. The second-order valence-electron chi connectivity index (χ2n) is 4.82. The lowest BCUT2D eigenvalue weighted by Crippen LogP contribution is -2.49. The Morgan fingerprint density at radius 2 is 2.00 bits per heavy atom. The zero-order valence-corrected chi connectivity index (χ0v) is 11.0. The van der Waals surface area contributed by atoms with Crippen molar-refractivity contribution in [2.45, 2.75) is 45.1 Å². The van der Waals surface area contributed by atoms with Gasteiger partial charge in [0.1, 0.15) is 5.54 Å². The minimum Gasteiger partial charge on any atom is -0.480 e. The van der Waals surface area contributed by atoms with Gasteiger partial charge in [0.15, 0.2) is 0 Å². The van der Waals surface area contributed by atoms with E-state index in [4.69, 9.17) is 5.11 Å². The number of nitrogens with zero attached hydrogens (tertiary/aromatic N) is 1. The number of nitrogens with one attached hydrogen (secondary N) is 1. The Balaban J connectivity index is 3.81. The number of aliphatic carboxylic acids is 1. The molecule has 0 aromatic carbocycles. The third-order valence-corrected chi connectivity index (χ3v) is 2.77. The van der Waals surface area contributed by atoms with Gasteiger partial charge < -0.3 is 15.3 Å². The largest absolute Gasteiger partial charge is 0.480 e. The van der Waals surface area contributed by atoms with Crippen LogP contribution in [0.4, 0.5) is 0 Å². The van der Waals surface area contributed by atoms with Gasteiger partial charge >= 0.3 is 5.97 Å². The first kappa shape index (κ1) is 15.4. The van der Waals surface area contributed by atoms with Crippen molar-refractivity contribution in [3.63, 3.8) is 0 Å². The van der Waals surface area contributed by atoms with Gasteiger partial charge in [0.25, 0.3) is 0 Å². The molecular weight excluding hydrogens is 204 g/mol. The van der Waals surface area contributed by atoms with E-state index in [9.17, 15) is 4.79 Å². The van der Waals surface area contributed by atoms with Crippen molar-refractivity contribution >= 4 is 5.97 Å². The van der Waals surface area contributed by atoms with E-state index in [1.54, 1.807) is 6.92 Å². The van der Waals surface area contributed by atoms with E-state index >= 15 is 0 Å². The van der Waals surface area contributed by atoms with Crippen LogP contribution in [0.25, 0.3) is 0 Å². The summed E-state index contributed by atoms with van der Waals surface area (Å²) in [6.45, 7) is 5.61. The lowest BCUT2D eigenvalue weighted by Gasteiger charge is -2.26. The molecule has 0 spiro atoms. The number of hydrogen-bond donors (Lipinski definition) is 2. The summed E-state index contributed by atoms with van der Waals surface area (Å²) in [5.74, 6) is -0.748. The predicted octanol–water partition coefficient (Wildman–Crippen LogP) is 1.56. The summed E-state index contributed by atoms with van der Waals surface area (Å²) < 4.78 is 0. The first-order valence-corrected chi connectivity index (χ1v) is 6.05. The molecule has 0 radical (unpaired) electrons. The van der Waals surface area contributed by atoms with E-state index in [2.05, 4.69) is 10.2 Å². The second-order valence-corrected chi connectivity index (χ2v) is 4.82. The Morgan fingerprint density at radius 3 is 2.44 bits per heavy atom. The van der Waals surface area contributed by atoms with Gasteiger partial charge in [-0.15, -0.1) is 0 Å². The summed E-state index contributed by atoms with van der Waals surface area (Å²) in [7, 11) is 4.09. The number of carboxylic acid groups (broad SMARTS) is 1. The highest BCUT2D eigenvalue weighted by Crippen LogP contribution is 2.12. The summed E-state index contributed by atoms with van der Waals surface area (Å²) in [6.07, 6.45) is 3.68. The van der Waals surface area contributed by atoms with Crippen molar-refractivity contribution in [3.05, 3.63) is 0 Å². The lowest BCUT2D eigenvalue weighted by molar-refractivity contribution is -0.144. The molecule has 0 aromatic heterocycles. The molecule has 2 N–H and O–H groups in total. The molecule has 0 saturated carbocycles. The zero-order valence-electron chi connectivity index (χ0n) is 11.0. The number of carbonyl (C=O) groups is 1. The van der Waals surface area contributed by atoms with Crippen LogP contribution in [-0.2, 0) is 4.79 Å². The molecule has 0 amide bonds. The monoisotopic (exact) mass is 230 g/mol. The fourth-order valence-electron chi connectivity index (χ4n) is 1.69. The van der Waals surface area contributed by atoms with Crippen molar-refractivity contribution in [1.29, 1.82) is 0 Å². The fourth-order valence-corrected chi connectivity index (χ4v) is 1.69. The van der Waals surface area contributed by atoms with E-state index in [1.807, 2.05) is 21.0 Å². The van der Waals surface area contributed by atoms with Gasteiger partial charge in [-0.05, 0) is 53.4 Å². The van der Waals surface area contributed by atoms with Crippen molar-refractivity contribution in [2.24, 2.45) is 0 Å². The van der Waals surface area contributed by atoms with Crippen molar-refractivity contribution in [3.8, 4) is 0 Å². The summed E-state index contributed by atoms with van der Waals surface area (Å²) >= 11 is 0. The van der Waals surface area contributed by atoms with Gasteiger partial charge in [-0.1, -0.05) is 13.3 Å². The maximum absolute atomic E-state index is 11.1. The molecule has 1 unspecified atom stereocenters.